The number of halogens is 2. The van der Waals surface area contributed by atoms with Crippen molar-refractivity contribution in [2.75, 3.05) is 0 Å². The summed E-state index contributed by atoms with van der Waals surface area (Å²) in [6.45, 7) is 1.50. The minimum atomic E-state index is -1.85. The molecule has 2 unspecified atom stereocenters. The predicted molar refractivity (Wildman–Crippen MR) is 117 cm³/mol. The van der Waals surface area contributed by atoms with Gasteiger partial charge in [-0.3, -0.25) is 4.68 Å². The Labute approximate surface area is 192 Å². The number of pyridine rings is 1. The Morgan fingerprint density at radius 3 is 2.62 bits per heavy atom. The molecular weight excluding hydrogens is 448 g/mol. The summed E-state index contributed by atoms with van der Waals surface area (Å²) in [6.07, 6.45) is 10.6. The monoisotopic (exact) mass is 467 g/mol. The molecule has 1 aromatic carbocycles. The molecular formula is C22H19F2N7O3. The average Bonchev–Trinajstić information content (AvgIpc) is 3.49. The summed E-state index contributed by atoms with van der Waals surface area (Å²) in [6, 6.07) is 5.05. The number of rotatable bonds is 8. The topological polar surface area (TPSA) is 125 Å². The van der Waals surface area contributed by atoms with Crippen LogP contribution in [0, 0.1) is 21.7 Å². The van der Waals surface area contributed by atoms with Gasteiger partial charge in [-0.25, -0.2) is 18.4 Å². The minimum Gasteiger partial charge on any atom is -0.381 e. The lowest BCUT2D eigenvalue weighted by atomic mass is 9.86. The van der Waals surface area contributed by atoms with E-state index in [0.717, 1.165) is 6.07 Å². The molecule has 0 saturated carbocycles. The molecule has 0 aliphatic heterocycles. The number of nitro groups is 1. The minimum absolute atomic E-state index is 0.110. The van der Waals surface area contributed by atoms with Crippen LogP contribution in [0.4, 0.5) is 14.6 Å². The SMILES string of the molecule is CC(n1cc(C=Cc2ccc([N+](=O)[O-])nc2)cn1)C(O)(Cn1cncn1)c1ccc(F)cc1F. The molecule has 10 nitrogen and oxygen atoms in total. The van der Waals surface area contributed by atoms with Gasteiger partial charge in [0.2, 0.25) is 0 Å². The van der Waals surface area contributed by atoms with E-state index >= 15 is 0 Å². The van der Waals surface area contributed by atoms with E-state index in [9.17, 15) is 24.0 Å². The van der Waals surface area contributed by atoms with Crippen LogP contribution in [0.3, 0.4) is 0 Å². The van der Waals surface area contributed by atoms with Crippen LogP contribution >= 0.6 is 0 Å². The predicted octanol–water partition coefficient (Wildman–Crippen LogP) is 3.38. The van der Waals surface area contributed by atoms with Gasteiger partial charge >= 0.3 is 5.82 Å². The quantitative estimate of drug-likeness (QED) is 0.311. The fourth-order valence-electron chi connectivity index (χ4n) is 3.51. The van der Waals surface area contributed by atoms with Crippen molar-refractivity contribution in [3.8, 4) is 0 Å². The van der Waals surface area contributed by atoms with E-state index in [4.69, 9.17) is 0 Å². The standard InChI is InChI=1S/C22H19F2N7O3/c1-15(22(32,12-29-14-25-13-28-29)19-6-5-18(23)8-20(19)24)30-11-17(10-27-30)3-2-16-4-7-21(26-9-16)31(33)34/h2-11,13-15,32H,12H2,1H3. The normalized spacial score (nSPS) is 14.2. The second kappa shape index (κ2) is 9.27. The second-order valence-electron chi connectivity index (χ2n) is 7.61. The fraction of sp³-hybridized carbons (Fsp3) is 0.182. The van der Waals surface area contributed by atoms with Gasteiger partial charge in [0, 0.05) is 35.0 Å². The Morgan fingerprint density at radius 1 is 1.18 bits per heavy atom. The number of nitrogens with zero attached hydrogens (tertiary/aromatic N) is 7. The Bertz CT molecular complexity index is 1320. The second-order valence-corrected chi connectivity index (χ2v) is 7.61. The molecule has 3 heterocycles. The van der Waals surface area contributed by atoms with Crippen LogP contribution in [0.1, 0.15) is 29.7 Å². The molecule has 1 N–H and O–H groups in total. The van der Waals surface area contributed by atoms with Crippen molar-refractivity contribution in [3.63, 3.8) is 0 Å². The van der Waals surface area contributed by atoms with Crippen molar-refractivity contribution in [3.05, 3.63) is 100 Å². The molecule has 0 amide bonds. The third-order valence-electron chi connectivity index (χ3n) is 5.40. The zero-order chi connectivity index (χ0) is 24.3. The summed E-state index contributed by atoms with van der Waals surface area (Å²) in [5.74, 6) is -1.91. The molecule has 0 spiro atoms. The van der Waals surface area contributed by atoms with Crippen molar-refractivity contribution in [2.45, 2.75) is 25.1 Å². The molecule has 34 heavy (non-hydrogen) atoms. The highest BCUT2D eigenvalue weighted by molar-refractivity contribution is 5.68. The molecule has 4 rings (SSSR count). The lowest BCUT2D eigenvalue weighted by Crippen LogP contribution is -2.40. The number of benzene rings is 1. The van der Waals surface area contributed by atoms with Gasteiger partial charge in [0.25, 0.3) is 0 Å². The van der Waals surface area contributed by atoms with Crippen molar-refractivity contribution in [1.82, 2.24) is 29.5 Å². The molecule has 4 aromatic rings. The largest absolute Gasteiger partial charge is 0.381 e. The third kappa shape index (κ3) is 4.71. The Hall–Kier alpha value is -4.32. The highest BCUT2D eigenvalue weighted by Gasteiger charge is 2.40. The van der Waals surface area contributed by atoms with E-state index in [1.165, 1.54) is 40.3 Å². The van der Waals surface area contributed by atoms with Gasteiger partial charge in [0.1, 0.15) is 36.1 Å². The molecule has 0 radical (unpaired) electrons. The van der Waals surface area contributed by atoms with Crippen LogP contribution < -0.4 is 0 Å². The summed E-state index contributed by atoms with van der Waals surface area (Å²) in [4.78, 5) is 17.8. The van der Waals surface area contributed by atoms with Gasteiger partial charge in [-0.1, -0.05) is 18.2 Å². The molecule has 0 fully saturated rings. The lowest BCUT2D eigenvalue weighted by molar-refractivity contribution is -0.389. The van der Waals surface area contributed by atoms with Crippen molar-refractivity contribution in [1.29, 1.82) is 0 Å². The summed E-state index contributed by atoms with van der Waals surface area (Å²) in [5.41, 5.74) is -0.655. The van der Waals surface area contributed by atoms with E-state index in [-0.39, 0.29) is 17.9 Å². The van der Waals surface area contributed by atoms with Crippen LogP contribution in [-0.4, -0.2) is 39.6 Å². The maximum Gasteiger partial charge on any atom is 0.363 e. The zero-order valence-corrected chi connectivity index (χ0v) is 17.9. The van der Waals surface area contributed by atoms with Gasteiger partial charge in [-0.15, -0.1) is 0 Å². The van der Waals surface area contributed by atoms with E-state index in [1.54, 1.807) is 37.5 Å². The smallest absolute Gasteiger partial charge is 0.363 e. The van der Waals surface area contributed by atoms with Crippen LogP contribution in [0.2, 0.25) is 0 Å². The molecule has 0 aliphatic carbocycles. The molecule has 0 aliphatic rings. The first kappa shape index (κ1) is 22.9. The number of aromatic nitrogens is 6. The van der Waals surface area contributed by atoms with Gasteiger partial charge in [0.15, 0.2) is 0 Å². The molecule has 2 atom stereocenters. The molecule has 0 bridgehead atoms. The van der Waals surface area contributed by atoms with Gasteiger partial charge in [0.05, 0.1) is 18.8 Å². The fourth-order valence-corrected chi connectivity index (χ4v) is 3.51. The van der Waals surface area contributed by atoms with Crippen LogP contribution in [-0.2, 0) is 12.1 Å². The van der Waals surface area contributed by atoms with E-state index < -0.39 is 28.2 Å². The highest BCUT2D eigenvalue weighted by Crippen LogP contribution is 2.36. The average molecular weight is 467 g/mol. The van der Waals surface area contributed by atoms with Crippen LogP contribution in [0.25, 0.3) is 12.2 Å². The summed E-state index contributed by atoms with van der Waals surface area (Å²) in [7, 11) is 0. The number of hydrogen-bond acceptors (Lipinski definition) is 7. The van der Waals surface area contributed by atoms with Crippen molar-refractivity contribution >= 4 is 18.0 Å². The lowest BCUT2D eigenvalue weighted by Gasteiger charge is -2.34. The highest BCUT2D eigenvalue weighted by atomic mass is 19.1. The van der Waals surface area contributed by atoms with Crippen molar-refractivity contribution in [2.24, 2.45) is 0 Å². The Kier molecular flexibility index (Phi) is 6.23. The zero-order valence-electron chi connectivity index (χ0n) is 17.9. The van der Waals surface area contributed by atoms with E-state index in [2.05, 4.69) is 20.2 Å². The molecule has 12 heteroatoms. The van der Waals surface area contributed by atoms with E-state index in [1.807, 2.05) is 0 Å². The Morgan fingerprint density at radius 2 is 1.97 bits per heavy atom. The summed E-state index contributed by atoms with van der Waals surface area (Å²) < 4.78 is 31.0. The van der Waals surface area contributed by atoms with Crippen molar-refractivity contribution < 1.29 is 18.8 Å². The van der Waals surface area contributed by atoms with Gasteiger partial charge in [-0.2, -0.15) is 10.2 Å². The maximum atomic E-state index is 14.7. The first-order valence-corrected chi connectivity index (χ1v) is 10.1. The number of hydrogen-bond donors (Lipinski definition) is 1. The van der Waals surface area contributed by atoms with Crippen LogP contribution in [0.5, 0.6) is 0 Å². The maximum absolute atomic E-state index is 14.7. The summed E-state index contributed by atoms with van der Waals surface area (Å²) in [5, 5.41) is 30.7. The number of aliphatic hydroxyl groups is 1. The molecule has 0 saturated heterocycles. The van der Waals surface area contributed by atoms with Gasteiger partial charge in [-0.05, 0) is 29.0 Å². The van der Waals surface area contributed by atoms with E-state index in [0.29, 0.717) is 17.2 Å². The summed E-state index contributed by atoms with van der Waals surface area (Å²) >= 11 is 0. The Balaban J connectivity index is 1.62. The van der Waals surface area contributed by atoms with Gasteiger partial charge < -0.3 is 15.2 Å². The molecule has 174 valence electrons. The molecule has 3 aromatic heterocycles. The first-order chi connectivity index (χ1) is 16.3. The first-order valence-electron chi connectivity index (χ1n) is 10.1. The third-order valence-corrected chi connectivity index (χ3v) is 5.40. The van der Waals surface area contributed by atoms with Crippen LogP contribution in [0.15, 0.2) is 61.6 Å².